The molecule has 0 fully saturated rings. The van der Waals surface area contributed by atoms with Crippen molar-refractivity contribution in [1.82, 2.24) is 0 Å². The second kappa shape index (κ2) is 5.19. The zero-order valence-corrected chi connectivity index (χ0v) is 8.39. The molecule has 1 aromatic rings. The molecule has 0 aromatic heterocycles. The number of alkyl halides is 2. The van der Waals surface area contributed by atoms with Crippen molar-refractivity contribution in [2.24, 2.45) is 0 Å². The van der Waals surface area contributed by atoms with Crippen molar-refractivity contribution < 1.29 is 23.6 Å². The fourth-order valence-electron chi connectivity index (χ4n) is 1.24. The molecule has 0 amide bonds. The maximum Gasteiger partial charge on any atom is 0.338 e. The van der Waals surface area contributed by atoms with E-state index in [2.05, 4.69) is 5.32 Å². The quantitative estimate of drug-likeness (QED) is 0.612. The number of carbonyl (C=O) groups is 1. The van der Waals surface area contributed by atoms with Crippen molar-refractivity contribution in [3.63, 3.8) is 0 Å². The van der Waals surface area contributed by atoms with E-state index in [1.165, 1.54) is 6.07 Å². The van der Waals surface area contributed by atoms with Gasteiger partial charge in [0.1, 0.15) is 5.69 Å². The van der Waals surface area contributed by atoms with Crippen LogP contribution in [-0.2, 0) is 0 Å². The number of rotatable bonds is 5. The number of nitro groups is 1. The van der Waals surface area contributed by atoms with Gasteiger partial charge in [-0.05, 0) is 6.07 Å². The summed E-state index contributed by atoms with van der Waals surface area (Å²) in [5.41, 5.74) is -1.38. The maximum absolute atomic E-state index is 12.0. The zero-order chi connectivity index (χ0) is 13.0. The average Bonchev–Trinajstić information content (AvgIpc) is 2.25. The first-order valence-corrected chi connectivity index (χ1v) is 4.46. The summed E-state index contributed by atoms with van der Waals surface area (Å²) in [6.45, 7) is -0.856. The van der Waals surface area contributed by atoms with Crippen LogP contribution in [0.1, 0.15) is 10.4 Å². The molecular weight excluding hydrogens is 238 g/mol. The molecule has 0 saturated carbocycles. The Morgan fingerprint density at radius 3 is 2.65 bits per heavy atom. The lowest BCUT2D eigenvalue weighted by Crippen LogP contribution is -2.14. The fraction of sp³-hybridized carbons (Fsp3) is 0.222. The largest absolute Gasteiger partial charge is 0.478 e. The summed E-state index contributed by atoms with van der Waals surface area (Å²) in [5, 5.41) is 21.5. The van der Waals surface area contributed by atoms with Gasteiger partial charge in [0.25, 0.3) is 12.1 Å². The molecule has 0 bridgehead atoms. The van der Waals surface area contributed by atoms with Gasteiger partial charge < -0.3 is 10.4 Å². The molecule has 0 radical (unpaired) electrons. The lowest BCUT2D eigenvalue weighted by atomic mass is 10.1. The van der Waals surface area contributed by atoms with E-state index in [4.69, 9.17) is 5.11 Å². The topological polar surface area (TPSA) is 92.5 Å². The molecule has 0 aliphatic heterocycles. The van der Waals surface area contributed by atoms with Crippen molar-refractivity contribution in [1.29, 1.82) is 0 Å². The number of anilines is 1. The Morgan fingerprint density at radius 2 is 2.18 bits per heavy atom. The number of hydrogen-bond acceptors (Lipinski definition) is 4. The van der Waals surface area contributed by atoms with Crippen LogP contribution in [0.5, 0.6) is 0 Å². The summed E-state index contributed by atoms with van der Waals surface area (Å²) in [6.07, 6.45) is -2.74. The maximum atomic E-state index is 12.0. The summed E-state index contributed by atoms with van der Waals surface area (Å²) in [6, 6.07) is 3.32. The molecular formula is C9H8F2N2O4. The average molecular weight is 246 g/mol. The van der Waals surface area contributed by atoms with E-state index in [9.17, 15) is 23.7 Å². The summed E-state index contributed by atoms with van der Waals surface area (Å²) in [5.74, 6) is -1.43. The molecule has 1 rings (SSSR count). The highest BCUT2D eigenvalue weighted by molar-refractivity contribution is 5.96. The number of benzene rings is 1. The smallest absolute Gasteiger partial charge is 0.338 e. The number of nitro benzene ring substituents is 1. The summed E-state index contributed by atoms with van der Waals surface area (Å²) < 4.78 is 24.0. The minimum Gasteiger partial charge on any atom is -0.478 e. The molecule has 0 spiro atoms. The van der Waals surface area contributed by atoms with Gasteiger partial charge in [-0.2, -0.15) is 0 Å². The Hall–Kier alpha value is -2.25. The van der Waals surface area contributed by atoms with E-state index in [1.54, 1.807) is 0 Å². The number of carboxylic acid groups (broad SMARTS) is 1. The molecule has 0 unspecified atom stereocenters. The van der Waals surface area contributed by atoms with Crippen LogP contribution in [0.25, 0.3) is 0 Å². The van der Waals surface area contributed by atoms with Gasteiger partial charge in [-0.25, -0.2) is 13.6 Å². The van der Waals surface area contributed by atoms with Gasteiger partial charge in [0.2, 0.25) is 0 Å². The van der Waals surface area contributed by atoms with Crippen molar-refractivity contribution in [2.45, 2.75) is 6.43 Å². The van der Waals surface area contributed by atoms with E-state index >= 15 is 0 Å². The minimum absolute atomic E-state index is 0.412. The van der Waals surface area contributed by atoms with Gasteiger partial charge in [-0.15, -0.1) is 0 Å². The second-order valence-corrected chi connectivity index (χ2v) is 3.03. The van der Waals surface area contributed by atoms with E-state index in [0.717, 1.165) is 12.1 Å². The van der Waals surface area contributed by atoms with Gasteiger partial charge >= 0.3 is 5.97 Å². The Morgan fingerprint density at radius 1 is 1.53 bits per heavy atom. The number of nitrogens with zero attached hydrogens (tertiary/aromatic N) is 1. The molecule has 92 valence electrons. The Bertz CT molecular complexity index is 418. The van der Waals surface area contributed by atoms with E-state index in [-0.39, 0.29) is 0 Å². The van der Waals surface area contributed by atoms with Gasteiger partial charge in [0, 0.05) is 6.07 Å². The predicted molar refractivity (Wildman–Crippen MR) is 54.5 cm³/mol. The lowest BCUT2D eigenvalue weighted by Gasteiger charge is -2.09. The lowest BCUT2D eigenvalue weighted by molar-refractivity contribution is -0.384. The molecule has 0 heterocycles. The highest BCUT2D eigenvalue weighted by Gasteiger charge is 2.21. The summed E-state index contributed by atoms with van der Waals surface area (Å²) in [7, 11) is 0. The van der Waals surface area contributed by atoms with Crippen molar-refractivity contribution in [2.75, 3.05) is 11.9 Å². The van der Waals surface area contributed by atoms with E-state index < -0.39 is 40.8 Å². The second-order valence-electron chi connectivity index (χ2n) is 3.03. The molecule has 0 saturated heterocycles. The molecule has 0 aliphatic carbocycles. The standard InChI is InChI=1S/C9H8F2N2O4/c10-7(11)4-12-8-5(9(14)15)2-1-3-6(8)13(16)17/h1-3,7,12H,4H2,(H,14,15). The van der Waals surface area contributed by atoms with Crippen LogP contribution in [0.15, 0.2) is 18.2 Å². The number of carboxylic acids is 1. The Kier molecular flexibility index (Phi) is 3.91. The van der Waals surface area contributed by atoms with Gasteiger partial charge in [-0.1, -0.05) is 6.07 Å². The third kappa shape index (κ3) is 3.10. The highest BCUT2D eigenvalue weighted by atomic mass is 19.3. The molecule has 2 N–H and O–H groups in total. The van der Waals surface area contributed by atoms with Crippen LogP contribution in [0.2, 0.25) is 0 Å². The van der Waals surface area contributed by atoms with E-state index in [0.29, 0.717) is 0 Å². The van der Waals surface area contributed by atoms with Crippen LogP contribution >= 0.6 is 0 Å². The predicted octanol–water partition coefficient (Wildman–Crippen LogP) is 1.97. The molecule has 1 aromatic carbocycles. The van der Waals surface area contributed by atoms with Crippen LogP contribution in [0.3, 0.4) is 0 Å². The number of hydrogen-bond donors (Lipinski definition) is 2. The van der Waals surface area contributed by atoms with Gasteiger partial charge in [0.05, 0.1) is 17.0 Å². The Balaban J connectivity index is 3.19. The normalized spacial score (nSPS) is 10.3. The molecule has 6 nitrogen and oxygen atoms in total. The first-order chi connectivity index (χ1) is 7.93. The van der Waals surface area contributed by atoms with Crippen molar-refractivity contribution >= 4 is 17.3 Å². The first kappa shape index (κ1) is 12.8. The monoisotopic (exact) mass is 246 g/mol. The van der Waals surface area contributed by atoms with Crippen molar-refractivity contribution in [3.8, 4) is 0 Å². The van der Waals surface area contributed by atoms with E-state index in [1.807, 2.05) is 0 Å². The fourth-order valence-corrected chi connectivity index (χ4v) is 1.24. The molecule has 17 heavy (non-hydrogen) atoms. The third-order valence-electron chi connectivity index (χ3n) is 1.90. The molecule has 0 atom stereocenters. The van der Waals surface area contributed by atoms with Crippen molar-refractivity contribution in [3.05, 3.63) is 33.9 Å². The number of aromatic carboxylic acids is 1. The zero-order valence-electron chi connectivity index (χ0n) is 8.39. The van der Waals surface area contributed by atoms with Crippen LogP contribution in [0.4, 0.5) is 20.2 Å². The number of halogens is 2. The van der Waals surface area contributed by atoms with Crippen LogP contribution < -0.4 is 5.32 Å². The third-order valence-corrected chi connectivity index (χ3v) is 1.90. The highest BCUT2D eigenvalue weighted by Crippen LogP contribution is 2.28. The summed E-state index contributed by atoms with van der Waals surface area (Å²) in [4.78, 5) is 20.6. The molecule has 8 heteroatoms. The Labute approximate surface area is 94.0 Å². The number of para-hydroxylation sites is 1. The van der Waals surface area contributed by atoms with Gasteiger partial charge in [-0.3, -0.25) is 10.1 Å². The van der Waals surface area contributed by atoms with Gasteiger partial charge in [0.15, 0.2) is 0 Å². The minimum atomic E-state index is -2.74. The SMILES string of the molecule is O=C(O)c1cccc([N+](=O)[O-])c1NCC(F)F. The van der Waals surface area contributed by atoms with Crippen LogP contribution in [0, 0.1) is 10.1 Å². The molecule has 0 aliphatic rings. The first-order valence-electron chi connectivity index (χ1n) is 4.46. The number of nitrogens with one attached hydrogen (secondary N) is 1. The summed E-state index contributed by atoms with van der Waals surface area (Å²) >= 11 is 0. The van der Waals surface area contributed by atoms with Crippen LogP contribution in [-0.4, -0.2) is 29.0 Å².